The second-order valence-electron chi connectivity index (χ2n) is 7.07. The maximum Gasteiger partial charge on any atom is 0.0223 e. The van der Waals surface area contributed by atoms with Crippen molar-refractivity contribution < 1.29 is 0 Å². The van der Waals surface area contributed by atoms with Gasteiger partial charge in [0, 0.05) is 24.7 Å². The van der Waals surface area contributed by atoms with Crippen molar-refractivity contribution in [3.8, 4) is 0 Å². The molecule has 0 radical (unpaired) electrons. The maximum atomic E-state index is 3.58. The molecule has 2 aliphatic heterocycles. The van der Waals surface area contributed by atoms with Gasteiger partial charge in [0.05, 0.1) is 0 Å². The summed E-state index contributed by atoms with van der Waals surface area (Å²) < 4.78 is 0. The average Bonchev–Trinajstić information content (AvgIpc) is 2.58. The fourth-order valence-corrected chi connectivity index (χ4v) is 3.62. The molecule has 112 valence electrons. The Balaban J connectivity index is 1.72. The van der Waals surface area contributed by atoms with Gasteiger partial charge in [-0.2, -0.15) is 0 Å². The summed E-state index contributed by atoms with van der Waals surface area (Å²) in [5, 5.41) is 3.58. The van der Waals surface area contributed by atoms with Crippen molar-refractivity contribution in [1.29, 1.82) is 0 Å². The third-order valence-corrected chi connectivity index (χ3v) is 5.09. The molecule has 2 aliphatic rings. The molecule has 3 nitrogen and oxygen atoms in total. The van der Waals surface area contributed by atoms with Crippen LogP contribution in [0.4, 0.5) is 0 Å². The highest BCUT2D eigenvalue weighted by molar-refractivity contribution is 4.92. The molecule has 0 saturated carbocycles. The summed E-state index contributed by atoms with van der Waals surface area (Å²) in [6.45, 7) is 11.9. The Morgan fingerprint density at radius 2 is 1.84 bits per heavy atom. The van der Waals surface area contributed by atoms with Crippen molar-refractivity contribution in [2.24, 2.45) is 5.92 Å². The Bertz CT molecular complexity index is 267. The minimum Gasteiger partial charge on any atom is -0.316 e. The minimum atomic E-state index is 0.729. The fourth-order valence-electron chi connectivity index (χ4n) is 3.62. The standard InChI is InChI=1S/C16H33N3/c1-13(2)11-17-9-7-14(3)19-10-8-15-5-6-16(12-19)18(15)4/h13-17H,5-12H2,1-4H3. The molecule has 2 rings (SSSR count). The van der Waals surface area contributed by atoms with Crippen LogP contribution in [0.2, 0.25) is 0 Å². The molecule has 2 fully saturated rings. The van der Waals surface area contributed by atoms with Gasteiger partial charge in [-0.1, -0.05) is 13.8 Å². The van der Waals surface area contributed by atoms with Gasteiger partial charge < -0.3 is 5.32 Å². The van der Waals surface area contributed by atoms with Crippen molar-refractivity contribution in [1.82, 2.24) is 15.1 Å². The lowest BCUT2D eigenvalue weighted by Gasteiger charge is -2.31. The molecule has 0 aliphatic carbocycles. The van der Waals surface area contributed by atoms with Crippen molar-refractivity contribution >= 4 is 0 Å². The van der Waals surface area contributed by atoms with Gasteiger partial charge in [-0.05, 0) is 65.2 Å². The van der Waals surface area contributed by atoms with E-state index in [2.05, 4.69) is 42.9 Å². The van der Waals surface area contributed by atoms with Crippen molar-refractivity contribution in [3.05, 3.63) is 0 Å². The molecule has 3 unspecified atom stereocenters. The van der Waals surface area contributed by atoms with Crippen LogP contribution in [0.5, 0.6) is 0 Å². The van der Waals surface area contributed by atoms with Crippen molar-refractivity contribution in [3.63, 3.8) is 0 Å². The fraction of sp³-hybridized carbons (Fsp3) is 1.00. The number of fused-ring (bicyclic) bond motifs is 2. The predicted molar refractivity (Wildman–Crippen MR) is 82.5 cm³/mol. The van der Waals surface area contributed by atoms with Crippen LogP contribution in [0.1, 0.15) is 46.5 Å². The Kier molecular flexibility index (Phi) is 5.67. The molecule has 19 heavy (non-hydrogen) atoms. The first-order valence-electron chi connectivity index (χ1n) is 8.24. The second-order valence-corrected chi connectivity index (χ2v) is 7.07. The normalized spacial score (nSPS) is 30.8. The van der Waals surface area contributed by atoms with Crippen LogP contribution >= 0.6 is 0 Å². The van der Waals surface area contributed by atoms with E-state index in [1.807, 2.05) is 0 Å². The first kappa shape index (κ1) is 15.3. The number of rotatable bonds is 6. The molecule has 0 aromatic heterocycles. The zero-order valence-electron chi connectivity index (χ0n) is 13.4. The van der Waals surface area contributed by atoms with Crippen LogP contribution in [0, 0.1) is 5.92 Å². The summed E-state index contributed by atoms with van der Waals surface area (Å²) in [7, 11) is 2.33. The number of hydrogen-bond donors (Lipinski definition) is 1. The molecule has 0 aromatic rings. The Morgan fingerprint density at radius 3 is 2.58 bits per heavy atom. The van der Waals surface area contributed by atoms with Crippen LogP contribution in [0.15, 0.2) is 0 Å². The lowest BCUT2D eigenvalue weighted by molar-refractivity contribution is 0.173. The van der Waals surface area contributed by atoms with E-state index in [9.17, 15) is 0 Å². The summed E-state index contributed by atoms with van der Waals surface area (Å²) >= 11 is 0. The highest BCUT2D eigenvalue weighted by Gasteiger charge is 2.35. The van der Waals surface area contributed by atoms with E-state index in [1.54, 1.807) is 0 Å². The lowest BCUT2D eigenvalue weighted by Crippen LogP contribution is -2.42. The zero-order valence-corrected chi connectivity index (χ0v) is 13.4. The first-order valence-corrected chi connectivity index (χ1v) is 8.24. The zero-order chi connectivity index (χ0) is 13.8. The van der Waals surface area contributed by atoms with E-state index in [-0.39, 0.29) is 0 Å². The van der Waals surface area contributed by atoms with Gasteiger partial charge in [-0.3, -0.25) is 9.80 Å². The van der Waals surface area contributed by atoms with E-state index in [1.165, 1.54) is 45.3 Å². The van der Waals surface area contributed by atoms with Crippen LogP contribution < -0.4 is 5.32 Å². The molecule has 0 amide bonds. The van der Waals surface area contributed by atoms with E-state index < -0.39 is 0 Å². The molecule has 3 atom stereocenters. The summed E-state index contributed by atoms with van der Waals surface area (Å²) in [6.07, 6.45) is 5.50. The molecule has 2 bridgehead atoms. The first-order chi connectivity index (χ1) is 9.08. The average molecular weight is 267 g/mol. The number of nitrogens with one attached hydrogen (secondary N) is 1. The number of likely N-dealkylation sites (tertiary alicyclic amines) is 1. The van der Waals surface area contributed by atoms with Crippen LogP contribution in [0.25, 0.3) is 0 Å². The van der Waals surface area contributed by atoms with E-state index in [0.29, 0.717) is 0 Å². The quantitative estimate of drug-likeness (QED) is 0.744. The van der Waals surface area contributed by atoms with Crippen molar-refractivity contribution in [2.75, 3.05) is 33.2 Å². The molecule has 0 aromatic carbocycles. The van der Waals surface area contributed by atoms with Gasteiger partial charge in [0.25, 0.3) is 0 Å². The highest BCUT2D eigenvalue weighted by Crippen LogP contribution is 2.29. The van der Waals surface area contributed by atoms with Gasteiger partial charge >= 0.3 is 0 Å². The molecule has 2 saturated heterocycles. The number of likely N-dealkylation sites (N-methyl/N-ethyl adjacent to an activating group) is 1. The van der Waals surface area contributed by atoms with Crippen LogP contribution in [-0.2, 0) is 0 Å². The molecule has 1 N–H and O–H groups in total. The van der Waals surface area contributed by atoms with Gasteiger partial charge in [0.2, 0.25) is 0 Å². The van der Waals surface area contributed by atoms with Gasteiger partial charge in [-0.15, -0.1) is 0 Å². The third kappa shape index (κ3) is 4.17. The van der Waals surface area contributed by atoms with Crippen LogP contribution in [0.3, 0.4) is 0 Å². The number of hydrogen-bond acceptors (Lipinski definition) is 3. The second kappa shape index (κ2) is 7.05. The molecule has 3 heteroatoms. The van der Waals surface area contributed by atoms with E-state index in [4.69, 9.17) is 0 Å². The molecule has 0 spiro atoms. The van der Waals surface area contributed by atoms with Gasteiger partial charge in [0.1, 0.15) is 0 Å². The van der Waals surface area contributed by atoms with Gasteiger partial charge in [-0.25, -0.2) is 0 Å². The van der Waals surface area contributed by atoms with Crippen LogP contribution in [-0.4, -0.2) is 61.2 Å². The smallest absolute Gasteiger partial charge is 0.0223 e. The topological polar surface area (TPSA) is 18.5 Å². The number of nitrogens with zero attached hydrogens (tertiary/aromatic N) is 2. The largest absolute Gasteiger partial charge is 0.316 e. The van der Waals surface area contributed by atoms with Gasteiger partial charge in [0.15, 0.2) is 0 Å². The van der Waals surface area contributed by atoms with Crippen molar-refractivity contribution in [2.45, 2.75) is 64.6 Å². The summed E-state index contributed by atoms with van der Waals surface area (Å²) in [5.74, 6) is 0.762. The Hall–Kier alpha value is -0.120. The maximum absolute atomic E-state index is 3.58. The molecular formula is C16H33N3. The van der Waals surface area contributed by atoms with E-state index in [0.717, 1.165) is 30.6 Å². The lowest BCUT2D eigenvalue weighted by atomic mass is 10.1. The molecular weight excluding hydrogens is 234 g/mol. The predicted octanol–water partition coefficient (Wildman–Crippen LogP) is 2.18. The highest BCUT2D eigenvalue weighted by atomic mass is 15.3. The molecule has 2 heterocycles. The summed E-state index contributed by atoms with van der Waals surface area (Å²) in [6, 6.07) is 2.41. The SMILES string of the molecule is CC(C)CNCCC(C)N1CCC2CCC(C1)N2C. The minimum absolute atomic E-state index is 0.729. The third-order valence-electron chi connectivity index (χ3n) is 5.09. The monoisotopic (exact) mass is 267 g/mol. The Morgan fingerprint density at radius 1 is 1.11 bits per heavy atom. The Labute approximate surface area is 119 Å². The summed E-state index contributed by atoms with van der Waals surface area (Å²) in [5.41, 5.74) is 0. The van der Waals surface area contributed by atoms with E-state index >= 15 is 0 Å². The summed E-state index contributed by atoms with van der Waals surface area (Å²) in [4.78, 5) is 5.38.